The molecule has 2 aromatic carbocycles. The minimum Gasteiger partial charge on any atom is -0.426 e. The van der Waals surface area contributed by atoms with Crippen LogP contribution in [-0.4, -0.2) is 30.2 Å². The highest BCUT2D eigenvalue weighted by molar-refractivity contribution is 6.22. The minimum absolute atomic E-state index is 0.0798. The quantitative estimate of drug-likeness (QED) is 0.278. The molecular formula is C30H28N2O5. The van der Waals surface area contributed by atoms with Crippen LogP contribution in [0.4, 0.5) is 11.4 Å². The van der Waals surface area contributed by atoms with Crippen molar-refractivity contribution >= 4 is 35.1 Å². The topological polar surface area (TPSA) is 84.0 Å². The molecule has 6 aliphatic rings. The van der Waals surface area contributed by atoms with E-state index in [0.717, 1.165) is 23.2 Å². The second-order valence-electron chi connectivity index (χ2n) is 11.2. The van der Waals surface area contributed by atoms with Crippen molar-refractivity contribution in [1.29, 1.82) is 0 Å². The Labute approximate surface area is 215 Å². The lowest BCUT2D eigenvalue weighted by Crippen LogP contribution is -2.40. The standard InChI is InChI=1S/C30H28N2O5/c1-15-5-3-8-24(16(15)2)31-14-17(11-25(31)33)30(36)37-19-7-4-6-18(12-19)32-28(34)26-20-9-10-21(23-13-22(20)23)27(26)29(32)35/h3-10,12,17,20-23,26-27H,11,13-14H2,1-2H3/t17-,20+,21+,22-,23+,26-,27+/m1/s1. The van der Waals surface area contributed by atoms with Crippen molar-refractivity contribution in [3.63, 3.8) is 0 Å². The lowest BCUT2D eigenvalue weighted by molar-refractivity contribution is -0.139. The number of esters is 1. The van der Waals surface area contributed by atoms with E-state index in [9.17, 15) is 19.2 Å². The predicted octanol–water partition coefficient (Wildman–Crippen LogP) is 3.82. The average molecular weight is 497 g/mol. The minimum atomic E-state index is -0.595. The number of benzene rings is 2. The lowest BCUT2D eigenvalue weighted by Gasteiger charge is -2.37. The summed E-state index contributed by atoms with van der Waals surface area (Å²) in [4.78, 5) is 55.6. The van der Waals surface area contributed by atoms with E-state index < -0.39 is 11.9 Å². The first-order valence-electron chi connectivity index (χ1n) is 13.1. The fourth-order valence-corrected chi connectivity index (χ4v) is 7.22. The van der Waals surface area contributed by atoms with Crippen LogP contribution >= 0.6 is 0 Å². The predicted molar refractivity (Wildman–Crippen MR) is 136 cm³/mol. The van der Waals surface area contributed by atoms with Gasteiger partial charge in [-0.15, -0.1) is 0 Å². The number of carbonyl (C=O) groups is 4. The van der Waals surface area contributed by atoms with Crippen LogP contribution in [0.2, 0.25) is 0 Å². The molecule has 37 heavy (non-hydrogen) atoms. The third-order valence-electron chi connectivity index (χ3n) is 9.28. The van der Waals surface area contributed by atoms with Crippen LogP contribution in [0.5, 0.6) is 5.75 Å². The molecule has 4 aliphatic carbocycles. The molecule has 0 spiro atoms. The fraction of sp³-hybridized carbons (Fsp3) is 0.400. The van der Waals surface area contributed by atoms with Crippen LogP contribution in [0.25, 0.3) is 0 Å². The third kappa shape index (κ3) is 3.26. The molecule has 0 aromatic heterocycles. The Kier molecular flexibility index (Phi) is 4.78. The summed E-state index contributed by atoms with van der Waals surface area (Å²) in [6.07, 6.45) is 5.50. The molecule has 2 saturated heterocycles. The summed E-state index contributed by atoms with van der Waals surface area (Å²) in [5.41, 5.74) is 3.34. The van der Waals surface area contributed by atoms with Crippen LogP contribution in [0.1, 0.15) is 24.0 Å². The highest BCUT2D eigenvalue weighted by atomic mass is 16.5. The number of hydrogen-bond donors (Lipinski definition) is 0. The average Bonchev–Trinajstić information content (AvgIpc) is 3.56. The molecule has 2 saturated carbocycles. The van der Waals surface area contributed by atoms with Gasteiger partial charge in [-0.25, -0.2) is 4.90 Å². The summed E-state index contributed by atoms with van der Waals surface area (Å²) in [6, 6.07) is 12.4. The molecule has 8 rings (SSSR count). The summed E-state index contributed by atoms with van der Waals surface area (Å²) in [5.74, 6) is -0.393. The van der Waals surface area contributed by atoms with Gasteiger partial charge in [-0.1, -0.05) is 30.4 Å². The van der Waals surface area contributed by atoms with Crippen molar-refractivity contribution < 1.29 is 23.9 Å². The molecule has 0 N–H and O–H groups in total. The van der Waals surface area contributed by atoms with Crippen LogP contribution in [0.3, 0.4) is 0 Å². The first kappa shape index (κ1) is 22.5. The maximum Gasteiger partial charge on any atom is 0.316 e. The highest BCUT2D eigenvalue weighted by Gasteiger charge is 2.67. The van der Waals surface area contributed by atoms with Crippen LogP contribution in [0, 0.1) is 55.3 Å². The molecule has 4 fully saturated rings. The van der Waals surface area contributed by atoms with Gasteiger partial charge in [0, 0.05) is 24.7 Å². The van der Waals surface area contributed by atoms with Gasteiger partial charge in [0.05, 0.1) is 23.4 Å². The number of anilines is 2. The van der Waals surface area contributed by atoms with Gasteiger partial charge in [-0.3, -0.25) is 19.2 Å². The number of imide groups is 1. The van der Waals surface area contributed by atoms with Crippen molar-refractivity contribution in [3.8, 4) is 5.75 Å². The number of allylic oxidation sites excluding steroid dienone is 2. The monoisotopic (exact) mass is 496 g/mol. The zero-order valence-corrected chi connectivity index (χ0v) is 20.8. The SMILES string of the molecule is Cc1cccc(N2C[C@H](C(=O)Oc3cccc(N4C(=O)[C@@H]5[C@H]6C=C[C@@H]([C@@H]7C[C@H]67)[C@@H]5C4=O)c3)CC2=O)c1C. The maximum atomic E-state index is 13.4. The number of hydrogen-bond acceptors (Lipinski definition) is 5. The number of ether oxygens (including phenoxy) is 1. The second-order valence-corrected chi connectivity index (χ2v) is 11.2. The zero-order chi connectivity index (χ0) is 25.6. The van der Waals surface area contributed by atoms with Gasteiger partial charge < -0.3 is 9.64 Å². The molecule has 2 aliphatic heterocycles. The molecule has 0 unspecified atom stereocenters. The Morgan fingerprint density at radius 1 is 0.919 bits per heavy atom. The van der Waals surface area contributed by atoms with Gasteiger partial charge >= 0.3 is 5.97 Å². The first-order valence-corrected chi connectivity index (χ1v) is 13.1. The van der Waals surface area contributed by atoms with Crippen LogP contribution in [-0.2, 0) is 19.2 Å². The summed E-state index contributed by atoms with van der Waals surface area (Å²) >= 11 is 0. The van der Waals surface area contributed by atoms with Crippen molar-refractivity contribution in [2.75, 3.05) is 16.3 Å². The smallest absolute Gasteiger partial charge is 0.316 e. The summed E-state index contributed by atoms with van der Waals surface area (Å²) in [6.45, 7) is 4.22. The van der Waals surface area contributed by atoms with Gasteiger partial charge in [-0.05, 0) is 73.3 Å². The number of nitrogens with zero attached hydrogens (tertiary/aromatic N) is 2. The Hall–Kier alpha value is -3.74. The normalized spacial score (nSPS) is 33.1. The van der Waals surface area contributed by atoms with Gasteiger partial charge in [0.25, 0.3) is 0 Å². The molecular weight excluding hydrogens is 468 g/mol. The summed E-state index contributed by atoms with van der Waals surface area (Å²) in [5, 5.41) is 0. The fourth-order valence-electron chi connectivity index (χ4n) is 7.22. The number of aryl methyl sites for hydroxylation is 1. The van der Waals surface area contributed by atoms with Gasteiger partial charge in [0.2, 0.25) is 17.7 Å². The van der Waals surface area contributed by atoms with Gasteiger partial charge in [0.1, 0.15) is 5.75 Å². The van der Waals surface area contributed by atoms with Crippen molar-refractivity contribution in [2.24, 2.45) is 41.4 Å². The van der Waals surface area contributed by atoms with E-state index in [0.29, 0.717) is 17.5 Å². The summed E-state index contributed by atoms with van der Waals surface area (Å²) in [7, 11) is 0. The molecule has 0 radical (unpaired) electrons. The van der Waals surface area contributed by atoms with E-state index in [-0.39, 0.29) is 60.1 Å². The molecule has 188 valence electrons. The molecule has 2 aromatic rings. The van der Waals surface area contributed by atoms with Gasteiger partial charge in [0.15, 0.2) is 0 Å². The molecule has 2 heterocycles. The van der Waals surface area contributed by atoms with E-state index in [2.05, 4.69) is 12.2 Å². The molecule has 7 heteroatoms. The van der Waals surface area contributed by atoms with Crippen LogP contribution < -0.4 is 14.5 Å². The largest absolute Gasteiger partial charge is 0.426 e. The Morgan fingerprint density at radius 2 is 1.59 bits per heavy atom. The molecule has 7 atom stereocenters. The van der Waals surface area contributed by atoms with Crippen molar-refractivity contribution in [1.82, 2.24) is 0 Å². The molecule has 3 amide bonds. The Morgan fingerprint density at radius 3 is 2.30 bits per heavy atom. The zero-order valence-electron chi connectivity index (χ0n) is 20.8. The van der Waals surface area contributed by atoms with E-state index in [1.54, 1.807) is 29.2 Å². The Balaban J connectivity index is 1.08. The van der Waals surface area contributed by atoms with Crippen LogP contribution in [0.15, 0.2) is 54.6 Å². The lowest BCUT2D eigenvalue weighted by atomic mass is 9.63. The number of rotatable bonds is 4. The number of amides is 3. The Bertz CT molecular complexity index is 1380. The second kappa shape index (κ2) is 7.88. The summed E-state index contributed by atoms with van der Waals surface area (Å²) < 4.78 is 5.67. The van der Waals surface area contributed by atoms with Crippen molar-refractivity contribution in [3.05, 3.63) is 65.7 Å². The molecule has 2 bridgehead atoms. The van der Waals surface area contributed by atoms with E-state index >= 15 is 0 Å². The van der Waals surface area contributed by atoms with Crippen molar-refractivity contribution in [2.45, 2.75) is 26.7 Å². The first-order chi connectivity index (χ1) is 17.8. The molecule has 7 nitrogen and oxygen atoms in total. The van der Waals surface area contributed by atoms with E-state index in [1.807, 2.05) is 32.0 Å². The maximum absolute atomic E-state index is 13.4. The van der Waals surface area contributed by atoms with Gasteiger partial charge in [-0.2, -0.15) is 0 Å². The van der Waals surface area contributed by atoms with E-state index in [1.165, 1.54) is 4.90 Å². The third-order valence-corrected chi connectivity index (χ3v) is 9.28. The highest BCUT2D eigenvalue weighted by Crippen LogP contribution is 2.65. The van der Waals surface area contributed by atoms with E-state index in [4.69, 9.17) is 4.74 Å². The number of carbonyl (C=O) groups excluding carboxylic acids is 4.